The van der Waals surface area contributed by atoms with Crippen molar-refractivity contribution < 1.29 is 4.79 Å². The first-order valence-corrected chi connectivity index (χ1v) is 11.0. The number of anilines is 1. The molecule has 0 saturated heterocycles. The fourth-order valence-corrected chi connectivity index (χ4v) is 4.51. The predicted octanol–water partition coefficient (Wildman–Crippen LogP) is 4.77. The Morgan fingerprint density at radius 3 is 2.67 bits per heavy atom. The third kappa shape index (κ3) is 5.34. The van der Waals surface area contributed by atoms with Crippen molar-refractivity contribution in [3.63, 3.8) is 0 Å². The van der Waals surface area contributed by atoms with E-state index in [-0.39, 0.29) is 5.91 Å². The summed E-state index contributed by atoms with van der Waals surface area (Å²) in [5.74, 6) is 2.14. The number of hydrogen-bond acceptors (Lipinski definition) is 4. The van der Waals surface area contributed by atoms with Gasteiger partial charge in [-0.3, -0.25) is 4.79 Å². The van der Waals surface area contributed by atoms with E-state index in [2.05, 4.69) is 40.9 Å². The topological polar surface area (TPSA) is 59.8 Å². The third-order valence-corrected chi connectivity index (χ3v) is 6.40. The molecule has 5 nitrogen and oxygen atoms in total. The van der Waals surface area contributed by atoms with Crippen LogP contribution in [0.5, 0.6) is 0 Å². The van der Waals surface area contributed by atoms with Crippen LogP contribution in [0.1, 0.15) is 56.0 Å². The molecule has 0 aliphatic heterocycles. The number of nitrogens with zero attached hydrogens (tertiary/aromatic N) is 3. The second-order valence-electron chi connectivity index (χ2n) is 7.49. The summed E-state index contributed by atoms with van der Waals surface area (Å²) < 4.78 is 2.17. The normalized spacial score (nSPS) is 15.1. The van der Waals surface area contributed by atoms with E-state index in [4.69, 9.17) is 0 Å². The molecule has 1 aliphatic carbocycles. The molecule has 1 saturated carbocycles. The molecule has 1 aromatic heterocycles. The van der Waals surface area contributed by atoms with Crippen molar-refractivity contribution in [1.29, 1.82) is 0 Å². The molecule has 0 atom stereocenters. The van der Waals surface area contributed by atoms with Crippen LogP contribution in [0.3, 0.4) is 0 Å². The number of hydrogen-bond donors (Lipinski definition) is 1. The Kier molecular flexibility index (Phi) is 6.94. The Morgan fingerprint density at radius 1 is 1.19 bits per heavy atom. The standard InChI is InChI=1S/C21H30N4OS/c1-4-25-19(13-17-8-6-5-7-9-17)23-24-21(25)27-14-20(26)22-18-11-10-15(2)16(3)12-18/h10-12,17H,4-9,13-14H2,1-3H3,(H,22,26). The molecule has 1 amide bonds. The zero-order valence-electron chi connectivity index (χ0n) is 16.6. The summed E-state index contributed by atoms with van der Waals surface area (Å²) in [7, 11) is 0. The number of benzene rings is 1. The molecule has 6 heteroatoms. The molecule has 1 aromatic carbocycles. The van der Waals surface area contributed by atoms with Crippen LogP contribution < -0.4 is 5.32 Å². The quantitative estimate of drug-likeness (QED) is 0.697. The Balaban J connectivity index is 1.56. The van der Waals surface area contributed by atoms with Crippen molar-refractivity contribution >= 4 is 23.4 Å². The summed E-state index contributed by atoms with van der Waals surface area (Å²) in [6.45, 7) is 7.08. The number of carbonyl (C=O) groups is 1. The average molecular weight is 387 g/mol. The van der Waals surface area contributed by atoms with Gasteiger partial charge in [-0.05, 0) is 49.9 Å². The molecular formula is C21H30N4OS. The van der Waals surface area contributed by atoms with Gasteiger partial charge >= 0.3 is 0 Å². The molecular weight excluding hydrogens is 356 g/mol. The van der Waals surface area contributed by atoms with Gasteiger partial charge in [0, 0.05) is 18.7 Å². The molecule has 1 N–H and O–H groups in total. The molecule has 0 spiro atoms. The minimum Gasteiger partial charge on any atom is -0.325 e. The van der Waals surface area contributed by atoms with Crippen LogP contribution in [0.2, 0.25) is 0 Å². The van der Waals surface area contributed by atoms with Gasteiger partial charge in [-0.15, -0.1) is 10.2 Å². The van der Waals surface area contributed by atoms with Crippen molar-refractivity contribution in [2.75, 3.05) is 11.1 Å². The van der Waals surface area contributed by atoms with Gasteiger partial charge in [-0.25, -0.2) is 0 Å². The SMILES string of the molecule is CCn1c(CC2CCCCC2)nnc1SCC(=O)Nc1ccc(C)c(C)c1. The molecule has 1 heterocycles. The number of aryl methyl sites for hydroxylation is 2. The van der Waals surface area contributed by atoms with E-state index in [0.29, 0.717) is 5.75 Å². The lowest BCUT2D eigenvalue weighted by molar-refractivity contribution is -0.113. The monoisotopic (exact) mass is 386 g/mol. The summed E-state index contributed by atoms with van der Waals surface area (Å²) in [5.41, 5.74) is 3.25. The summed E-state index contributed by atoms with van der Waals surface area (Å²) in [6, 6.07) is 5.99. The first-order valence-electron chi connectivity index (χ1n) is 9.98. The van der Waals surface area contributed by atoms with E-state index in [1.807, 2.05) is 18.2 Å². The minimum atomic E-state index is -0.0114. The van der Waals surface area contributed by atoms with Crippen LogP contribution in [0.4, 0.5) is 5.69 Å². The van der Waals surface area contributed by atoms with Crippen molar-refractivity contribution in [3.05, 3.63) is 35.2 Å². The zero-order chi connectivity index (χ0) is 19.2. The van der Waals surface area contributed by atoms with Gasteiger partial charge in [0.05, 0.1) is 5.75 Å². The molecule has 2 aromatic rings. The maximum atomic E-state index is 12.3. The number of rotatable bonds is 7. The van der Waals surface area contributed by atoms with Gasteiger partial charge < -0.3 is 9.88 Å². The number of thioether (sulfide) groups is 1. The molecule has 0 bridgehead atoms. The molecule has 0 radical (unpaired) electrons. The third-order valence-electron chi connectivity index (χ3n) is 5.43. The molecule has 27 heavy (non-hydrogen) atoms. The van der Waals surface area contributed by atoms with E-state index in [1.165, 1.54) is 55.0 Å². The number of amides is 1. The second kappa shape index (κ2) is 9.40. The molecule has 3 rings (SSSR count). The predicted molar refractivity (Wildman–Crippen MR) is 111 cm³/mol. The summed E-state index contributed by atoms with van der Waals surface area (Å²) in [5, 5.41) is 12.6. The highest BCUT2D eigenvalue weighted by Gasteiger charge is 2.19. The Hall–Kier alpha value is -1.82. The fourth-order valence-electron chi connectivity index (χ4n) is 3.69. The van der Waals surface area contributed by atoms with Gasteiger partial charge in [-0.1, -0.05) is 49.9 Å². The van der Waals surface area contributed by atoms with E-state index in [1.54, 1.807) is 0 Å². The molecule has 146 valence electrons. The Labute approximate surface area is 166 Å². The van der Waals surface area contributed by atoms with Gasteiger partial charge in [0.1, 0.15) is 5.82 Å². The maximum Gasteiger partial charge on any atom is 0.234 e. The Bertz CT molecular complexity index is 780. The van der Waals surface area contributed by atoms with Gasteiger partial charge in [0.15, 0.2) is 5.16 Å². The van der Waals surface area contributed by atoms with Gasteiger partial charge in [0.25, 0.3) is 0 Å². The zero-order valence-corrected chi connectivity index (χ0v) is 17.4. The summed E-state index contributed by atoms with van der Waals surface area (Å²) >= 11 is 1.47. The van der Waals surface area contributed by atoms with E-state index >= 15 is 0 Å². The molecule has 1 fully saturated rings. The Morgan fingerprint density at radius 2 is 1.96 bits per heavy atom. The van der Waals surface area contributed by atoms with Crippen LogP contribution in [0.15, 0.2) is 23.4 Å². The first-order chi connectivity index (χ1) is 13.1. The van der Waals surface area contributed by atoms with E-state index in [9.17, 15) is 4.79 Å². The van der Waals surface area contributed by atoms with Crippen molar-refractivity contribution in [1.82, 2.24) is 14.8 Å². The summed E-state index contributed by atoms with van der Waals surface area (Å²) in [6.07, 6.45) is 7.66. The number of nitrogens with one attached hydrogen (secondary N) is 1. The first kappa shape index (κ1) is 19.9. The molecule has 1 aliphatic rings. The van der Waals surface area contributed by atoms with Crippen molar-refractivity contribution in [2.24, 2.45) is 5.92 Å². The lowest BCUT2D eigenvalue weighted by atomic mass is 9.87. The number of carbonyl (C=O) groups excluding carboxylic acids is 1. The van der Waals surface area contributed by atoms with Gasteiger partial charge in [0.2, 0.25) is 5.91 Å². The highest BCUT2D eigenvalue weighted by atomic mass is 32.2. The van der Waals surface area contributed by atoms with Crippen LogP contribution in [-0.2, 0) is 17.8 Å². The summed E-state index contributed by atoms with van der Waals surface area (Å²) in [4.78, 5) is 12.3. The van der Waals surface area contributed by atoms with Crippen LogP contribution in [0.25, 0.3) is 0 Å². The number of aromatic nitrogens is 3. The highest BCUT2D eigenvalue weighted by molar-refractivity contribution is 7.99. The lowest BCUT2D eigenvalue weighted by Crippen LogP contribution is -2.15. The van der Waals surface area contributed by atoms with Crippen molar-refractivity contribution in [2.45, 2.75) is 71.0 Å². The lowest BCUT2D eigenvalue weighted by Gasteiger charge is -2.21. The maximum absolute atomic E-state index is 12.3. The smallest absolute Gasteiger partial charge is 0.234 e. The van der Waals surface area contributed by atoms with E-state index < -0.39 is 0 Å². The van der Waals surface area contributed by atoms with Crippen LogP contribution in [0, 0.1) is 19.8 Å². The largest absolute Gasteiger partial charge is 0.325 e. The minimum absolute atomic E-state index is 0.0114. The van der Waals surface area contributed by atoms with Crippen molar-refractivity contribution in [3.8, 4) is 0 Å². The highest BCUT2D eigenvalue weighted by Crippen LogP contribution is 2.27. The van der Waals surface area contributed by atoms with E-state index in [0.717, 1.165) is 35.6 Å². The van der Waals surface area contributed by atoms with Gasteiger partial charge in [-0.2, -0.15) is 0 Å². The molecule has 0 unspecified atom stereocenters. The average Bonchev–Trinajstić information content (AvgIpc) is 3.05. The van der Waals surface area contributed by atoms with Crippen LogP contribution >= 0.6 is 11.8 Å². The van der Waals surface area contributed by atoms with Crippen LogP contribution in [-0.4, -0.2) is 26.4 Å². The fraction of sp³-hybridized carbons (Fsp3) is 0.571. The second-order valence-corrected chi connectivity index (χ2v) is 8.43.